The highest BCUT2D eigenvalue weighted by molar-refractivity contribution is 5.87. The van der Waals surface area contributed by atoms with Crippen LogP contribution < -0.4 is 10.6 Å². The van der Waals surface area contributed by atoms with Crippen LogP contribution in [0.25, 0.3) is 22.4 Å². The normalized spacial score (nSPS) is 15.9. The number of nitrogens with one attached hydrogen (secondary N) is 3. The van der Waals surface area contributed by atoms with Crippen LogP contribution in [0, 0.1) is 5.82 Å². The van der Waals surface area contributed by atoms with E-state index in [0.717, 1.165) is 25.8 Å². The van der Waals surface area contributed by atoms with Crippen molar-refractivity contribution in [3.8, 4) is 11.4 Å². The summed E-state index contributed by atoms with van der Waals surface area (Å²) < 4.78 is 13.6. The van der Waals surface area contributed by atoms with Crippen LogP contribution in [0.4, 0.5) is 16.2 Å². The maximum absolute atomic E-state index is 13.6. The lowest BCUT2D eigenvalue weighted by atomic mass is 10.2. The highest BCUT2D eigenvalue weighted by Crippen LogP contribution is 2.28. The van der Waals surface area contributed by atoms with Crippen LogP contribution in [0.2, 0.25) is 0 Å². The van der Waals surface area contributed by atoms with E-state index in [0.29, 0.717) is 47.3 Å². The fraction of sp³-hybridized carbons (Fsp3) is 0.364. The van der Waals surface area contributed by atoms with Gasteiger partial charge in [0.25, 0.3) is 0 Å². The van der Waals surface area contributed by atoms with Crippen molar-refractivity contribution in [2.24, 2.45) is 0 Å². The molecule has 31 heavy (non-hydrogen) atoms. The molecule has 3 heterocycles. The van der Waals surface area contributed by atoms with Crippen molar-refractivity contribution in [2.45, 2.75) is 32.2 Å². The zero-order valence-corrected chi connectivity index (χ0v) is 17.5. The van der Waals surface area contributed by atoms with Gasteiger partial charge in [-0.15, -0.1) is 0 Å². The third-order valence-electron chi connectivity index (χ3n) is 5.32. The molecule has 0 spiro atoms. The Bertz CT molecular complexity index is 1100. The molecule has 1 aliphatic rings. The van der Waals surface area contributed by atoms with E-state index in [2.05, 4.69) is 44.1 Å². The number of carbonyl (C=O) groups excluding carboxylic acids is 1. The molecule has 1 aliphatic heterocycles. The van der Waals surface area contributed by atoms with Crippen LogP contribution in [0.1, 0.15) is 26.2 Å². The van der Waals surface area contributed by atoms with Gasteiger partial charge in [0.2, 0.25) is 11.9 Å². The Morgan fingerprint density at radius 1 is 1.42 bits per heavy atom. The van der Waals surface area contributed by atoms with Crippen LogP contribution in [0.3, 0.4) is 0 Å². The minimum Gasteiger partial charge on any atom is -0.365 e. The molecule has 0 radical (unpaired) electrons. The van der Waals surface area contributed by atoms with Crippen LogP contribution in [-0.4, -0.2) is 56.4 Å². The number of fused-ring (bicyclic) bond motifs is 1. The van der Waals surface area contributed by atoms with Gasteiger partial charge in [0, 0.05) is 31.9 Å². The van der Waals surface area contributed by atoms with Crippen LogP contribution in [-0.2, 0) is 4.79 Å². The minimum atomic E-state index is -0.328. The molecule has 9 heteroatoms. The van der Waals surface area contributed by atoms with E-state index < -0.39 is 0 Å². The van der Waals surface area contributed by atoms with E-state index in [-0.39, 0.29) is 17.8 Å². The largest absolute Gasteiger partial charge is 0.365 e. The van der Waals surface area contributed by atoms with Crippen molar-refractivity contribution in [1.29, 1.82) is 0 Å². The fourth-order valence-electron chi connectivity index (χ4n) is 3.64. The number of unbranched alkanes of at least 4 members (excludes halogenated alkanes) is 1. The van der Waals surface area contributed by atoms with Gasteiger partial charge in [-0.05, 0) is 37.1 Å². The molecule has 2 aromatic heterocycles. The first-order valence-corrected chi connectivity index (χ1v) is 10.5. The number of rotatable bonds is 8. The van der Waals surface area contributed by atoms with Gasteiger partial charge in [0.05, 0.1) is 16.6 Å². The Morgan fingerprint density at radius 2 is 2.29 bits per heavy atom. The Hall–Kier alpha value is -3.49. The van der Waals surface area contributed by atoms with Gasteiger partial charge in [-0.25, -0.2) is 14.4 Å². The van der Waals surface area contributed by atoms with Crippen LogP contribution in [0.15, 0.2) is 37.1 Å². The molecular weight excluding hydrogens is 397 g/mol. The second kappa shape index (κ2) is 9.11. The van der Waals surface area contributed by atoms with Gasteiger partial charge in [-0.2, -0.15) is 4.98 Å². The fourth-order valence-corrected chi connectivity index (χ4v) is 3.64. The standard InChI is InChI=1S/C22H26FN7O/c1-3-5-9-24-22-25-12-16(21-27-17-7-6-14(23)11-18(17)28-21)20(29-22)26-15-8-10-30(13-15)19(31)4-2/h4,6-7,11-12,15H,2-3,5,8-10,13H2,1H3,(H,27,28)(H2,24,25,26,29)/t15-/m0/s1. The van der Waals surface area contributed by atoms with Crippen LogP contribution >= 0.6 is 0 Å². The summed E-state index contributed by atoms with van der Waals surface area (Å²) in [5.41, 5.74) is 1.96. The molecule has 0 saturated carbocycles. The minimum absolute atomic E-state index is 0.0443. The van der Waals surface area contributed by atoms with Crippen molar-refractivity contribution >= 4 is 28.7 Å². The first-order valence-electron chi connectivity index (χ1n) is 10.5. The number of imidazole rings is 1. The summed E-state index contributed by atoms with van der Waals surface area (Å²) in [6.07, 6.45) is 5.93. The number of hydrogen-bond donors (Lipinski definition) is 3. The lowest BCUT2D eigenvalue weighted by molar-refractivity contribution is -0.125. The molecule has 4 rings (SSSR count). The van der Waals surface area contributed by atoms with Crippen molar-refractivity contribution in [2.75, 3.05) is 30.3 Å². The quantitative estimate of drug-likeness (QED) is 0.378. The number of anilines is 2. The van der Waals surface area contributed by atoms with E-state index in [1.165, 1.54) is 18.2 Å². The molecule has 0 aliphatic carbocycles. The molecule has 162 valence electrons. The summed E-state index contributed by atoms with van der Waals surface area (Å²) >= 11 is 0. The molecule has 3 aromatic rings. The second-order valence-corrected chi connectivity index (χ2v) is 7.60. The smallest absolute Gasteiger partial charge is 0.246 e. The number of amides is 1. The van der Waals surface area contributed by atoms with E-state index in [4.69, 9.17) is 0 Å². The predicted octanol–water partition coefficient (Wildman–Crippen LogP) is 3.57. The van der Waals surface area contributed by atoms with E-state index in [1.54, 1.807) is 17.2 Å². The molecule has 1 aromatic carbocycles. The monoisotopic (exact) mass is 423 g/mol. The number of halogens is 1. The number of aromatic nitrogens is 4. The summed E-state index contributed by atoms with van der Waals surface area (Å²) in [6, 6.07) is 4.47. The number of benzene rings is 1. The van der Waals surface area contributed by atoms with Gasteiger partial charge >= 0.3 is 0 Å². The number of hydrogen-bond acceptors (Lipinski definition) is 6. The summed E-state index contributed by atoms with van der Waals surface area (Å²) in [7, 11) is 0. The average Bonchev–Trinajstić information content (AvgIpc) is 3.40. The van der Waals surface area contributed by atoms with E-state index >= 15 is 0 Å². The van der Waals surface area contributed by atoms with Gasteiger partial charge in [0.15, 0.2) is 0 Å². The van der Waals surface area contributed by atoms with Crippen molar-refractivity contribution < 1.29 is 9.18 Å². The summed E-state index contributed by atoms with van der Waals surface area (Å²) in [6.45, 7) is 7.70. The van der Waals surface area contributed by atoms with Gasteiger partial charge in [0.1, 0.15) is 17.5 Å². The first-order chi connectivity index (χ1) is 15.1. The van der Waals surface area contributed by atoms with Gasteiger partial charge in [-0.1, -0.05) is 19.9 Å². The van der Waals surface area contributed by atoms with Gasteiger partial charge < -0.3 is 20.5 Å². The number of likely N-dealkylation sites (tertiary alicyclic amines) is 1. The topological polar surface area (TPSA) is 98.8 Å². The summed E-state index contributed by atoms with van der Waals surface area (Å²) in [4.78, 5) is 30.5. The summed E-state index contributed by atoms with van der Waals surface area (Å²) in [5.74, 6) is 1.30. The molecule has 1 amide bonds. The molecule has 1 atom stereocenters. The third-order valence-corrected chi connectivity index (χ3v) is 5.32. The molecule has 0 bridgehead atoms. The lowest BCUT2D eigenvalue weighted by Gasteiger charge is -2.17. The highest BCUT2D eigenvalue weighted by atomic mass is 19.1. The Balaban J connectivity index is 1.63. The molecular formula is C22H26FN7O. The Morgan fingerprint density at radius 3 is 3.10 bits per heavy atom. The molecule has 8 nitrogen and oxygen atoms in total. The number of carbonyl (C=O) groups is 1. The van der Waals surface area contributed by atoms with Crippen molar-refractivity contribution in [3.05, 3.63) is 42.9 Å². The average molecular weight is 423 g/mol. The zero-order valence-electron chi connectivity index (χ0n) is 17.5. The first kappa shape index (κ1) is 20.8. The van der Waals surface area contributed by atoms with Crippen molar-refractivity contribution in [1.82, 2.24) is 24.8 Å². The maximum atomic E-state index is 13.6. The van der Waals surface area contributed by atoms with E-state index in [9.17, 15) is 9.18 Å². The number of aromatic amines is 1. The van der Waals surface area contributed by atoms with Crippen molar-refractivity contribution in [3.63, 3.8) is 0 Å². The molecule has 0 unspecified atom stereocenters. The second-order valence-electron chi connectivity index (χ2n) is 7.60. The Kier molecular flexibility index (Phi) is 6.11. The SMILES string of the molecule is C=CC(=O)N1CC[C@H](Nc2nc(NCCCC)ncc2-c2nc3ccc(F)cc3[nH]2)C1. The van der Waals surface area contributed by atoms with E-state index in [1.807, 2.05) is 0 Å². The molecule has 1 saturated heterocycles. The molecule has 3 N–H and O–H groups in total. The molecule has 1 fully saturated rings. The Labute approximate surface area is 180 Å². The number of H-pyrrole nitrogens is 1. The van der Waals surface area contributed by atoms with Gasteiger partial charge in [-0.3, -0.25) is 4.79 Å². The predicted molar refractivity (Wildman–Crippen MR) is 119 cm³/mol. The third kappa shape index (κ3) is 4.65. The summed E-state index contributed by atoms with van der Waals surface area (Å²) in [5, 5.41) is 6.69. The lowest BCUT2D eigenvalue weighted by Crippen LogP contribution is -2.30. The highest BCUT2D eigenvalue weighted by Gasteiger charge is 2.26. The maximum Gasteiger partial charge on any atom is 0.246 e. The zero-order chi connectivity index (χ0) is 21.8. The number of nitrogens with zero attached hydrogens (tertiary/aromatic N) is 4. The van der Waals surface area contributed by atoms with Crippen LogP contribution in [0.5, 0.6) is 0 Å².